The number of hydrogen-bond donors (Lipinski definition) is 2. The Morgan fingerprint density at radius 1 is 1.16 bits per heavy atom. The maximum Gasteiger partial charge on any atom is 0.255 e. The number of amides is 1. The fourth-order valence-corrected chi connectivity index (χ4v) is 1.79. The zero-order valence-corrected chi connectivity index (χ0v) is 11.3. The first-order chi connectivity index (χ1) is 8.97. The number of rotatable bonds is 2. The van der Waals surface area contributed by atoms with E-state index in [1.807, 2.05) is 39.0 Å². The first-order valence-corrected chi connectivity index (χ1v) is 6.09. The fraction of sp³-hybridized carbons (Fsp3) is 0.200. The molecule has 0 saturated carbocycles. The van der Waals surface area contributed by atoms with Crippen LogP contribution >= 0.6 is 0 Å². The van der Waals surface area contributed by atoms with Crippen LogP contribution in [0.15, 0.2) is 30.3 Å². The minimum Gasteiger partial charge on any atom is -0.398 e. The average Bonchev–Trinajstić information content (AvgIpc) is 2.36. The Balaban J connectivity index is 2.23. The van der Waals surface area contributed by atoms with Crippen LogP contribution in [0.4, 0.5) is 11.4 Å². The van der Waals surface area contributed by atoms with Crippen molar-refractivity contribution in [1.82, 2.24) is 4.98 Å². The van der Waals surface area contributed by atoms with E-state index in [1.165, 1.54) is 0 Å². The second-order valence-corrected chi connectivity index (χ2v) is 4.61. The summed E-state index contributed by atoms with van der Waals surface area (Å²) in [5.41, 5.74) is 10.4. The summed E-state index contributed by atoms with van der Waals surface area (Å²) in [4.78, 5) is 16.4. The summed E-state index contributed by atoms with van der Waals surface area (Å²) in [6, 6.07) is 9.00. The number of carbonyl (C=O) groups is 1. The van der Waals surface area contributed by atoms with E-state index in [0.717, 1.165) is 22.6 Å². The first-order valence-electron chi connectivity index (χ1n) is 6.09. The van der Waals surface area contributed by atoms with Gasteiger partial charge in [0.2, 0.25) is 0 Å². The highest BCUT2D eigenvalue weighted by Crippen LogP contribution is 2.17. The highest BCUT2D eigenvalue weighted by Gasteiger charge is 2.09. The monoisotopic (exact) mass is 255 g/mol. The molecule has 4 nitrogen and oxygen atoms in total. The van der Waals surface area contributed by atoms with E-state index in [-0.39, 0.29) is 5.91 Å². The number of aryl methyl sites for hydroxylation is 3. The van der Waals surface area contributed by atoms with Crippen molar-refractivity contribution in [3.63, 3.8) is 0 Å². The van der Waals surface area contributed by atoms with Gasteiger partial charge < -0.3 is 11.1 Å². The van der Waals surface area contributed by atoms with E-state index < -0.39 is 0 Å². The van der Waals surface area contributed by atoms with Crippen LogP contribution in [-0.2, 0) is 0 Å². The van der Waals surface area contributed by atoms with E-state index in [0.29, 0.717) is 11.3 Å². The largest absolute Gasteiger partial charge is 0.398 e. The Morgan fingerprint density at radius 2 is 1.89 bits per heavy atom. The molecule has 0 fully saturated rings. The minimum absolute atomic E-state index is 0.180. The summed E-state index contributed by atoms with van der Waals surface area (Å²) in [5.74, 6) is -0.180. The topological polar surface area (TPSA) is 68.0 Å². The van der Waals surface area contributed by atoms with E-state index in [2.05, 4.69) is 10.3 Å². The molecule has 1 heterocycles. The lowest BCUT2D eigenvalue weighted by Crippen LogP contribution is -2.13. The molecule has 3 N–H and O–H groups in total. The molecule has 0 spiro atoms. The van der Waals surface area contributed by atoms with Crippen molar-refractivity contribution in [3.05, 3.63) is 52.8 Å². The van der Waals surface area contributed by atoms with Gasteiger partial charge in [-0.1, -0.05) is 6.07 Å². The number of nitrogen functional groups attached to an aromatic ring is 1. The summed E-state index contributed by atoms with van der Waals surface area (Å²) in [6.07, 6.45) is 0. The van der Waals surface area contributed by atoms with Gasteiger partial charge in [0.15, 0.2) is 0 Å². The van der Waals surface area contributed by atoms with Gasteiger partial charge in [0, 0.05) is 16.9 Å². The number of carbonyl (C=O) groups excluding carboxylic acids is 1. The average molecular weight is 255 g/mol. The third-order valence-corrected chi connectivity index (χ3v) is 3.01. The highest BCUT2D eigenvalue weighted by molar-refractivity contribution is 6.05. The molecule has 98 valence electrons. The van der Waals surface area contributed by atoms with E-state index in [4.69, 9.17) is 5.73 Å². The number of benzene rings is 1. The van der Waals surface area contributed by atoms with Crippen molar-refractivity contribution in [2.24, 2.45) is 0 Å². The second-order valence-electron chi connectivity index (χ2n) is 4.61. The molecule has 1 amide bonds. The van der Waals surface area contributed by atoms with Crippen LogP contribution in [0.1, 0.15) is 27.3 Å². The molecule has 0 aliphatic rings. The number of nitrogens with one attached hydrogen (secondary N) is 1. The number of hydrogen-bond acceptors (Lipinski definition) is 3. The van der Waals surface area contributed by atoms with Crippen LogP contribution < -0.4 is 11.1 Å². The molecule has 19 heavy (non-hydrogen) atoms. The van der Waals surface area contributed by atoms with Gasteiger partial charge in [-0.15, -0.1) is 0 Å². The van der Waals surface area contributed by atoms with Gasteiger partial charge in [0.25, 0.3) is 5.91 Å². The maximum atomic E-state index is 12.1. The van der Waals surface area contributed by atoms with Gasteiger partial charge in [0.1, 0.15) is 0 Å². The molecule has 1 aromatic heterocycles. The molecular weight excluding hydrogens is 238 g/mol. The van der Waals surface area contributed by atoms with Crippen molar-refractivity contribution in [2.75, 3.05) is 11.1 Å². The lowest BCUT2D eigenvalue weighted by Gasteiger charge is -2.09. The smallest absolute Gasteiger partial charge is 0.255 e. The van der Waals surface area contributed by atoms with Crippen LogP contribution in [-0.4, -0.2) is 10.9 Å². The second kappa shape index (κ2) is 5.10. The number of nitrogens with zero attached hydrogens (tertiary/aromatic N) is 1. The lowest BCUT2D eigenvalue weighted by atomic mass is 10.1. The molecule has 0 aliphatic heterocycles. The normalized spacial score (nSPS) is 10.3. The lowest BCUT2D eigenvalue weighted by molar-refractivity contribution is 0.102. The van der Waals surface area contributed by atoms with Gasteiger partial charge in [-0.25, -0.2) is 0 Å². The quantitative estimate of drug-likeness (QED) is 0.811. The van der Waals surface area contributed by atoms with Crippen LogP contribution in [0.2, 0.25) is 0 Å². The third kappa shape index (κ3) is 2.91. The molecule has 2 rings (SSSR count). The highest BCUT2D eigenvalue weighted by atomic mass is 16.1. The van der Waals surface area contributed by atoms with Gasteiger partial charge in [-0.2, -0.15) is 0 Å². The standard InChI is InChI=1S/C15H17N3O/c1-9-4-6-12(8-13(9)16)15(19)18-14-7-5-10(2)17-11(14)3/h4-8H,16H2,1-3H3,(H,18,19). The predicted molar refractivity (Wildman–Crippen MR) is 77.3 cm³/mol. The summed E-state index contributed by atoms with van der Waals surface area (Å²) < 4.78 is 0. The molecular formula is C15H17N3O. The molecule has 2 aromatic rings. The molecule has 1 aromatic carbocycles. The van der Waals surface area contributed by atoms with Gasteiger partial charge in [0.05, 0.1) is 11.4 Å². The fourth-order valence-electron chi connectivity index (χ4n) is 1.79. The van der Waals surface area contributed by atoms with Gasteiger partial charge >= 0.3 is 0 Å². The number of pyridine rings is 1. The molecule has 0 atom stereocenters. The van der Waals surface area contributed by atoms with E-state index >= 15 is 0 Å². The van der Waals surface area contributed by atoms with E-state index in [9.17, 15) is 4.79 Å². The van der Waals surface area contributed by atoms with Crippen molar-refractivity contribution in [2.45, 2.75) is 20.8 Å². The van der Waals surface area contributed by atoms with Crippen molar-refractivity contribution < 1.29 is 4.79 Å². The van der Waals surface area contributed by atoms with Crippen molar-refractivity contribution >= 4 is 17.3 Å². The Hall–Kier alpha value is -2.36. The predicted octanol–water partition coefficient (Wildman–Crippen LogP) is 2.84. The number of aromatic nitrogens is 1. The van der Waals surface area contributed by atoms with E-state index in [1.54, 1.807) is 12.1 Å². The summed E-state index contributed by atoms with van der Waals surface area (Å²) in [7, 11) is 0. The number of nitrogens with two attached hydrogens (primary N) is 1. The van der Waals surface area contributed by atoms with Crippen molar-refractivity contribution in [1.29, 1.82) is 0 Å². The SMILES string of the molecule is Cc1ccc(NC(=O)c2ccc(C)c(N)c2)c(C)n1. The van der Waals surface area contributed by atoms with Crippen molar-refractivity contribution in [3.8, 4) is 0 Å². The molecule has 0 radical (unpaired) electrons. The Kier molecular flexibility index (Phi) is 3.51. The number of anilines is 2. The molecule has 0 saturated heterocycles. The maximum absolute atomic E-state index is 12.1. The summed E-state index contributed by atoms with van der Waals surface area (Å²) in [5, 5.41) is 2.84. The third-order valence-electron chi connectivity index (χ3n) is 3.01. The molecule has 0 aliphatic carbocycles. The first kappa shape index (κ1) is 13.1. The van der Waals surface area contributed by atoms with Crippen LogP contribution in [0.3, 0.4) is 0 Å². The summed E-state index contributed by atoms with van der Waals surface area (Å²) in [6.45, 7) is 5.69. The van der Waals surface area contributed by atoms with Gasteiger partial charge in [-0.3, -0.25) is 9.78 Å². The Labute approximate surface area is 112 Å². The van der Waals surface area contributed by atoms with Crippen LogP contribution in [0.5, 0.6) is 0 Å². The molecule has 0 unspecified atom stereocenters. The van der Waals surface area contributed by atoms with Gasteiger partial charge in [-0.05, 0) is 50.6 Å². The zero-order chi connectivity index (χ0) is 14.0. The molecule has 0 bridgehead atoms. The Bertz CT molecular complexity index is 635. The zero-order valence-electron chi connectivity index (χ0n) is 11.3. The Morgan fingerprint density at radius 3 is 2.53 bits per heavy atom. The van der Waals surface area contributed by atoms with Crippen LogP contribution in [0, 0.1) is 20.8 Å². The minimum atomic E-state index is -0.180. The molecule has 4 heteroatoms. The van der Waals surface area contributed by atoms with Crippen LogP contribution in [0.25, 0.3) is 0 Å². The summed E-state index contributed by atoms with van der Waals surface area (Å²) >= 11 is 0.